The molecular formula is C47H40F3N13O4. The highest BCUT2D eigenvalue weighted by molar-refractivity contribution is 5.98. The average Bonchev–Trinajstić information content (AvgIpc) is 3.34. The summed E-state index contributed by atoms with van der Waals surface area (Å²) < 4.78 is 41.1. The zero-order chi connectivity index (χ0) is 48.4. The maximum atomic E-state index is 13.8. The summed E-state index contributed by atoms with van der Waals surface area (Å²) >= 11 is 0. The molecule has 0 fully saturated rings. The largest absolute Gasteiger partial charge is 0.478 e. The van der Waals surface area contributed by atoms with Gasteiger partial charge >= 0.3 is 5.97 Å². The highest BCUT2D eigenvalue weighted by atomic mass is 19.1. The van der Waals surface area contributed by atoms with Gasteiger partial charge in [-0.25, -0.2) is 62.8 Å². The van der Waals surface area contributed by atoms with Gasteiger partial charge in [0.05, 0.1) is 39.2 Å². The molecule has 0 unspecified atom stereocenters. The number of aromatic carboxylic acids is 1. The molecular weight excluding hydrogens is 868 g/mol. The van der Waals surface area contributed by atoms with Gasteiger partial charge in [0.2, 0.25) is 0 Å². The standard InChI is InChI=1S/2C16H13FN4O.C14H9FN4O2.CH5N/c2*1-2-14(22)10-5-9(6-11(17)7-10)12-3-4-13-15(21-12)16(18)20-8-19-13;15-9-4-7(3-8(5-9)14(20)21)10-1-2-11-12(19-10)13(16)18-6-17-11;1-2/h2*3-8H,2H2,1H3,(H2,18,19,20);1-6H,(H,20,21)(H2,16,17,18);2H2,1H3. The number of rotatable bonds is 8. The predicted octanol–water partition coefficient (Wildman–Crippen LogP) is 7.70. The molecule has 67 heavy (non-hydrogen) atoms. The van der Waals surface area contributed by atoms with Crippen LogP contribution in [0.4, 0.5) is 30.6 Å². The van der Waals surface area contributed by atoms with Crippen molar-refractivity contribution < 1.29 is 32.7 Å². The summed E-state index contributed by atoms with van der Waals surface area (Å²) in [5, 5.41) is 8.97. The van der Waals surface area contributed by atoms with Gasteiger partial charge in [0.1, 0.15) is 53.0 Å². The van der Waals surface area contributed by atoms with Crippen LogP contribution in [-0.2, 0) is 0 Å². The molecule has 17 nitrogen and oxygen atoms in total. The maximum Gasteiger partial charge on any atom is 0.335 e. The normalized spacial score (nSPS) is 10.6. The molecule has 9 N–H and O–H groups in total. The number of hydrogen-bond donors (Lipinski definition) is 5. The SMILES string of the molecule is CCC(=O)c1cc(F)cc(-c2ccc3ncnc(N)c3n2)c1.CCC(=O)c1cc(F)cc(-c2ccc3ncnc(N)c3n2)c1.CN.Nc1ncnc2ccc(-c3cc(F)cc(C(=O)O)c3)nc12. The number of fused-ring (bicyclic) bond motifs is 3. The predicted molar refractivity (Wildman–Crippen MR) is 248 cm³/mol. The van der Waals surface area contributed by atoms with Crippen molar-refractivity contribution in [3.63, 3.8) is 0 Å². The second kappa shape index (κ2) is 21.2. The van der Waals surface area contributed by atoms with Gasteiger partial charge in [-0.3, -0.25) is 9.59 Å². The number of nitrogens with two attached hydrogens (primary N) is 4. The second-order valence-electron chi connectivity index (χ2n) is 14.0. The first kappa shape index (κ1) is 47.6. The summed E-state index contributed by atoms with van der Waals surface area (Å²) in [6.07, 6.45) is 4.67. The zero-order valence-electron chi connectivity index (χ0n) is 35.9. The van der Waals surface area contributed by atoms with E-state index in [0.717, 1.165) is 6.07 Å². The van der Waals surface area contributed by atoms with Crippen LogP contribution in [0.3, 0.4) is 0 Å². The lowest BCUT2D eigenvalue weighted by molar-refractivity contribution is 0.0695. The molecule has 0 aliphatic carbocycles. The first-order chi connectivity index (χ1) is 32.2. The number of benzene rings is 3. The van der Waals surface area contributed by atoms with E-state index in [4.69, 9.17) is 22.3 Å². The van der Waals surface area contributed by atoms with Gasteiger partial charge in [0, 0.05) is 40.7 Å². The molecule has 0 spiro atoms. The maximum absolute atomic E-state index is 13.8. The van der Waals surface area contributed by atoms with Gasteiger partial charge in [0.25, 0.3) is 0 Å². The van der Waals surface area contributed by atoms with E-state index in [0.29, 0.717) is 90.8 Å². The number of nitrogens with zero attached hydrogens (tertiary/aromatic N) is 9. The number of pyridine rings is 3. The summed E-state index contributed by atoms with van der Waals surface area (Å²) in [5.41, 5.74) is 28.2. The van der Waals surface area contributed by atoms with Crippen LogP contribution < -0.4 is 22.9 Å². The minimum absolute atomic E-state index is 0.121. The first-order valence-corrected chi connectivity index (χ1v) is 20.1. The van der Waals surface area contributed by atoms with Crippen molar-refractivity contribution in [3.8, 4) is 33.8 Å². The van der Waals surface area contributed by atoms with Crippen molar-refractivity contribution in [2.24, 2.45) is 5.73 Å². The Hall–Kier alpha value is -8.91. The third-order valence-corrected chi connectivity index (χ3v) is 9.64. The number of carbonyl (C=O) groups is 3. The van der Waals surface area contributed by atoms with Crippen molar-refractivity contribution in [1.82, 2.24) is 44.9 Å². The number of anilines is 3. The van der Waals surface area contributed by atoms with E-state index in [9.17, 15) is 27.6 Å². The van der Waals surface area contributed by atoms with Gasteiger partial charge in [-0.2, -0.15) is 0 Å². The number of carboxylic acid groups (broad SMARTS) is 1. The quantitative estimate of drug-likeness (QED) is 0.0912. The molecule has 0 atom stereocenters. The second-order valence-corrected chi connectivity index (χ2v) is 14.0. The smallest absolute Gasteiger partial charge is 0.335 e. The molecule has 0 aliphatic heterocycles. The fraction of sp³-hybridized carbons (Fsp3) is 0.106. The molecule has 3 aromatic carbocycles. The summed E-state index contributed by atoms with van der Waals surface area (Å²) in [6.45, 7) is 3.47. The number of aromatic nitrogens is 9. The highest BCUT2D eigenvalue weighted by Crippen LogP contribution is 2.27. The minimum Gasteiger partial charge on any atom is -0.478 e. The molecule has 6 aromatic heterocycles. The first-order valence-electron chi connectivity index (χ1n) is 20.1. The van der Waals surface area contributed by atoms with Crippen molar-refractivity contribution in [3.05, 3.63) is 144 Å². The van der Waals surface area contributed by atoms with Crippen LogP contribution in [0.2, 0.25) is 0 Å². The number of halogens is 3. The van der Waals surface area contributed by atoms with E-state index in [1.807, 2.05) is 0 Å². The fourth-order valence-corrected chi connectivity index (χ4v) is 6.43. The lowest BCUT2D eigenvalue weighted by atomic mass is 10.0. The van der Waals surface area contributed by atoms with Crippen LogP contribution >= 0.6 is 0 Å². The summed E-state index contributed by atoms with van der Waals surface area (Å²) in [4.78, 5) is 71.4. The number of carbonyl (C=O) groups excluding carboxylic acids is 2. The van der Waals surface area contributed by atoms with Crippen molar-refractivity contribution in [2.75, 3.05) is 24.2 Å². The fourth-order valence-electron chi connectivity index (χ4n) is 6.43. The Morgan fingerprint density at radius 3 is 1.06 bits per heavy atom. The monoisotopic (exact) mass is 907 g/mol. The Labute approximate surface area is 379 Å². The van der Waals surface area contributed by atoms with Crippen LogP contribution in [0.5, 0.6) is 0 Å². The number of carboxylic acids is 1. The van der Waals surface area contributed by atoms with Crippen LogP contribution in [0.1, 0.15) is 57.8 Å². The average molecular weight is 908 g/mol. The van der Waals surface area contributed by atoms with E-state index >= 15 is 0 Å². The zero-order valence-corrected chi connectivity index (χ0v) is 35.9. The Morgan fingerprint density at radius 2 is 0.761 bits per heavy atom. The van der Waals surface area contributed by atoms with Crippen LogP contribution in [0.25, 0.3) is 66.9 Å². The molecule has 0 saturated heterocycles. The lowest BCUT2D eigenvalue weighted by Crippen LogP contribution is -1.99. The molecule has 9 aromatic rings. The topological polar surface area (TPSA) is 292 Å². The summed E-state index contributed by atoms with van der Waals surface area (Å²) in [6, 6.07) is 22.1. The number of nitrogen functional groups attached to an aromatic ring is 3. The molecule has 0 amide bonds. The Bertz CT molecular complexity index is 3180. The Morgan fingerprint density at radius 1 is 0.463 bits per heavy atom. The lowest BCUT2D eigenvalue weighted by Gasteiger charge is -2.06. The van der Waals surface area contributed by atoms with E-state index in [1.54, 1.807) is 62.4 Å². The minimum atomic E-state index is -1.21. The van der Waals surface area contributed by atoms with Gasteiger partial charge in [-0.1, -0.05) is 13.8 Å². The van der Waals surface area contributed by atoms with Gasteiger partial charge in [-0.15, -0.1) is 0 Å². The molecule has 0 aliphatic rings. The Balaban J connectivity index is 0.000000163. The van der Waals surface area contributed by atoms with Gasteiger partial charge < -0.3 is 28.0 Å². The third-order valence-electron chi connectivity index (χ3n) is 9.64. The number of ketones is 2. The summed E-state index contributed by atoms with van der Waals surface area (Å²) in [7, 11) is 1.50. The van der Waals surface area contributed by atoms with Gasteiger partial charge in [0.15, 0.2) is 29.0 Å². The van der Waals surface area contributed by atoms with Gasteiger partial charge in [-0.05, 0) is 98.0 Å². The van der Waals surface area contributed by atoms with Crippen LogP contribution in [-0.4, -0.2) is 74.5 Å². The van der Waals surface area contributed by atoms with E-state index in [2.05, 4.69) is 50.6 Å². The van der Waals surface area contributed by atoms with Crippen molar-refractivity contribution in [2.45, 2.75) is 26.7 Å². The van der Waals surface area contributed by atoms with Crippen LogP contribution in [0.15, 0.2) is 110 Å². The summed E-state index contributed by atoms with van der Waals surface area (Å²) in [5.74, 6) is -2.34. The number of hydrogen-bond acceptors (Lipinski definition) is 16. The molecule has 6 heterocycles. The highest BCUT2D eigenvalue weighted by Gasteiger charge is 2.14. The van der Waals surface area contributed by atoms with E-state index < -0.39 is 23.4 Å². The molecule has 338 valence electrons. The third kappa shape index (κ3) is 11.3. The van der Waals surface area contributed by atoms with E-state index in [1.165, 1.54) is 62.4 Å². The molecule has 0 bridgehead atoms. The van der Waals surface area contributed by atoms with Crippen LogP contribution in [0, 0.1) is 17.5 Å². The molecule has 0 saturated carbocycles. The van der Waals surface area contributed by atoms with E-state index in [-0.39, 0.29) is 34.6 Å². The Kier molecular flexibility index (Phi) is 15.0. The number of Topliss-reactive ketones (excluding diaryl/α,β-unsaturated/α-hetero) is 2. The van der Waals surface area contributed by atoms with Crippen molar-refractivity contribution in [1.29, 1.82) is 0 Å². The molecule has 0 radical (unpaired) electrons. The molecule has 20 heteroatoms. The molecule has 9 rings (SSSR count). The van der Waals surface area contributed by atoms with Crippen molar-refractivity contribution >= 4 is 68.1 Å².